The lowest BCUT2D eigenvalue weighted by molar-refractivity contribution is 0.00983. The predicted molar refractivity (Wildman–Crippen MR) is 226 cm³/mol. The summed E-state index contributed by atoms with van der Waals surface area (Å²) in [6.45, 7) is 10.8. The molecule has 304 valence electrons. The highest BCUT2D eigenvalue weighted by molar-refractivity contribution is 6.31. The van der Waals surface area contributed by atoms with E-state index >= 15 is 4.39 Å². The van der Waals surface area contributed by atoms with E-state index in [9.17, 15) is 5.11 Å². The van der Waals surface area contributed by atoms with Crippen LogP contribution in [0.3, 0.4) is 0 Å². The number of benzene rings is 3. The second-order valence-corrected chi connectivity index (χ2v) is 17.5. The highest BCUT2D eigenvalue weighted by Gasteiger charge is 2.40. The van der Waals surface area contributed by atoms with Crippen LogP contribution in [-0.4, -0.2) is 119 Å². The third-order valence-electron chi connectivity index (χ3n) is 11.8. The van der Waals surface area contributed by atoms with Crippen LogP contribution in [0.1, 0.15) is 50.1 Å². The van der Waals surface area contributed by atoms with E-state index in [1.165, 1.54) is 11.6 Å². The fourth-order valence-electron chi connectivity index (χ4n) is 8.48. The molecular formula is C44H60Cl2FN7O2. The lowest BCUT2D eigenvalue weighted by atomic mass is 9.81. The quantitative estimate of drug-likeness (QED) is 0.170. The summed E-state index contributed by atoms with van der Waals surface area (Å²) in [6.07, 6.45) is 6.00. The summed E-state index contributed by atoms with van der Waals surface area (Å²) in [7, 11) is 8.30. The van der Waals surface area contributed by atoms with Crippen LogP contribution in [0.5, 0.6) is 11.5 Å². The third-order valence-corrected chi connectivity index (χ3v) is 12.3. The second kappa shape index (κ2) is 19.1. The summed E-state index contributed by atoms with van der Waals surface area (Å²) in [5.74, 6) is 2.03. The van der Waals surface area contributed by atoms with Gasteiger partial charge in [-0.25, -0.2) is 9.37 Å². The summed E-state index contributed by atoms with van der Waals surface area (Å²) >= 11 is 12.7. The van der Waals surface area contributed by atoms with E-state index in [0.717, 1.165) is 80.5 Å². The van der Waals surface area contributed by atoms with Crippen molar-refractivity contribution in [2.75, 3.05) is 67.0 Å². The second-order valence-electron chi connectivity index (χ2n) is 16.6. The number of aliphatic hydroxyl groups is 1. The Morgan fingerprint density at radius 3 is 2.46 bits per heavy atom. The molecule has 2 saturated heterocycles. The molecule has 6 rings (SSSR count). The average molecular weight is 809 g/mol. The minimum atomic E-state index is -0.389. The Bertz CT molecular complexity index is 1870. The van der Waals surface area contributed by atoms with Crippen molar-refractivity contribution in [2.45, 2.75) is 70.2 Å². The molecule has 56 heavy (non-hydrogen) atoms. The first-order valence-corrected chi connectivity index (χ1v) is 20.8. The van der Waals surface area contributed by atoms with Crippen LogP contribution in [0.25, 0.3) is 11.3 Å². The van der Waals surface area contributed by atoms with E-state index in [2.05, 4.69) is 67.5 Å². The van der Waals surface area contributed by atoms with E-state index < -0.39 is 0 Å². The van der Waals surface area contributed by atoms with Gasteiger partial charge in [0, 0.05) is 78.6 Å². The normalized spacial score (nSPS) is 24.6. The first kappa shape index (κ1) is 42.5. The molecule has 0 amide bonds. The Hall–Kier alpha value is -3.06. The number of rotatable bonds is 10. The molecule has 2 bridgehead atoms. The number of ether oxygens (including phenoxy) is 1. The number of nitrogens with one attached hydrogen (secondary N) is 1. The van der Waals surface area contributed by atoms with Crippen LogP contribution in [0, 0.1) is 11.7 Å². The lowest BCUT2D eigenvalue weighted by Crippen LogP contribution is -2.62. The molecule has 4 aromatic rings. The number of imidazole rings is 1. The molecule has 0 aliphatic carbocycles. The van der Waals surface area contributed by atoms with Crippen LogP contribution < -0.4 is 10.1 Å². The molecule has 2 fully saturated rings. The fourth-order valence-corrected chi connectivity index (χ4v) is 8.80. The van der Waals surface area contributed by atoms with Crippen molar-refractivity contribution in [1.29, 1.82) is 0 Å². The largest absolute Gasteiger partial charge is 0.457 e. The van der Waals surface area contributed by atoms with Crippen molar-refractivity contribution in [3.8, 4) is 22.8 Å². The van der Waals surface area contributed by atoms with Gasteiger partial charge in [-0.15, -0.1) is 0 Å². The summed E-state index contributed by atoms with van der Waals surface area (Å²) < 4.78 is 24.5. The Morgan fingerprint density at radius 2 is 1.75 bits per heavy atom. The van der Waals surface area contributed by atoms with Crippen molar-refractivity contribution in [1.82, 2.24) is 34.5 Å². The first-order chi connectivity index (χ1) is 26.8. The van der Waals surface area contributed by atoms with Crippen molar-refractivity contribution >= 4 is 23.2 Å². The molecule has 2 aliphatic rings. The Kier molecular flexibility index (Phi) is 14.5. The lowest BCUT2D eigenvalue weighted by Gasteiger charge is -2.50. The molecule has 1 unspecified atom stereocenters. The molecule has 2 N–H and O–H groups in total. The number of halogens is 3. The third kappa shape index (κ3) is 10.7. The maximum atomic E-state index is 16.0. The Labute approximate surface area is 343 Å². The summed E-state index contributed by atoms with van der Waals surface area (Å²) in [5, 5.41) is 15.3. The fraction of sp³-hybridized carbons (Fsp3) is 0.523. The minimum Gasteiger partial charge on any atom is -0.457 e. The average Bonchev–Trinajstić information content (AvgIpc) is 3.51. The predicted octanol–water partition coefficient (Wildman–Crippen LogP) is 7.58. The number of aromatic nitrogens is 2. The van der Waals surface area contributed by atoms with Crippen LogP contribution in [0.15, 0.2) is 66.9 Å². The van der Waals surface area contributed by atoms with E-state index in [1.54, 1.807) is 6.07 Å². The number of piperidine rings is 1. The van der Waals surface area contributed by atoms with Crippen LogP contribution in [-0.2, 0) is 26.6 Å². The van der Waals surface area contributed by atoms with Gasteiger partial charge in [0.1, 0.15) is 23.1 Å². The van der Waals surface area contributed by atoms with E-state index in [-0.39, 0.29) is 35.1 Å². The van der Waals surface area contributed by atoms with Gasteiger partial charge in [0.2, 0.25) is 0 Å². The molecule has 3 aromatic carbocycles. The Balaban J connectivity index is 1.20. The van der Waals surface area contributed by atoms with E-state index in [1.807, 2.05) is 63.7 Å². The van der Waals surface area contributed by atoms with Gasteiger partial charge in [-0.1, -0.05) is 42.3 Å². The molecular weight excluding hydrogens is 748 g/mol. The molecule has 1 aromatic heterocycles. The van der Waals surface area contributed by atoms with Gasteiger partial charge in [0.15, 0.2) is 0 Å². The van der Waals surface area contributed by atoms with Crippen molar-refractivity contribution in [2.24, 2.45) is 13.0 Å². The zero-order valence-electron chi connectivity index (χ0n) is 33.9. The molecule has 2 aliphatic heterocycles. The maximum Gasteiger partial charge on any atom is 0.136 e. The van der Waals surface area contributed by atoms with Gasteiger partial charge in [0.05, 0.1) is 25.0 Å². The van der Waals surface area contributed by atoms with Crippen molar-refractivity contribution in [3.63, 3.8) is 0 Å². The number of fused-ring (bicyclic) bond motifs is 2. The van der Waals surface area contributed by atoms with Crippen LogP contribution in [0.4, 0.5) is 4.39 Å². The van der Waals surface area contributed by atoms with E-state index in [4.69, 9.17) is 27.9 Å². The first-order valence-electron chi connectivity index (χ1n) is 20.0. The number of nitrogens with zero attached hydrogens (tertiary/aromatic N) is 6. The standard InChI is InChI=1S/C44H60Cl2FN7O2/c1-31-16-19-54(32(2)23-48-37(29-55)26-51(5)44(17-7-18-53(25-31)30-44)22-33-8-12-35(45)13-9-33)27-39-40(47)20-36(46)21-42(39)56-38-14-10-34(11-15-38)41-24-49-43(52(41)6)28-50(3)4/h8-15,20-21,24,31-32,37,48,55H,7,16-19,22-23,25-30H2,1-6H3/t31-,32+,37+,44-/m1/s1. The summed E-state index contributed by atoms with van der Waals surface area (Å²) in [6, 6.07) is 19.1. The highest BCUT2D eigenvalue weighted by Crippen LogP contribution is 2.35. The van der Waals surface area contributed by atoms with Gasteiger partial charge in [-0.3, -0.25) is 9.80 Å². The SMILES string of the molecule is C[C@@H]1CCN(Cc2c(F)cc(Cl)cc2Oc2ccc(-c3cnc(CN(C)C)n3C)cc2)[C@@H](C)CN[C@H](CO)CN(C)[C@@]2(Cc3ccc(Cl)cc3)CCCN(C1)C2. The molecule has 0 spiro atoms. The van der Waals surface area contributed by atoms with E-state index in [0.29, 0.717) is 42.6 Å². The molecule has 5 atom stereocenters. The number of hydrogen-bond donors (Lipinski definition) is 2. The number of aliphatic hydroxyl groups excluding tert-OH is 1. The summed E-state index contributed by atoms with van der Waals surface area (Å²) in [4.78, 5) is 14.2. The smallest absolute Gasteiger partial charge is 0.136 e. The van der Waals surface area contributed by atoms with Crippen LogP contribution >= 0.6 is 23.2 Å². The van der Waals surface area contributed by atoms with Crippen LogP contribution in [0.2, 0.25) is 10.0 Å². The van der Waals surface area contributed by atoms with Crippen molar-refractivity contribution in [3.05, 3.63) is 99.7 Å². The van der Waals surface area contributed by atoms with Gasteiger partial charge in [-0.2, -0.15) is 0 Å². The van der Waals surface area contributed by atoms with Gasteiger partial charge >= 0.3 is 0 Å². The molecule has 0 radical (unpaired) electrons. The topological polar surface area (TPSA) is 72.3 Å². The highest BCUT2D eigenvalue weighted by atomic mass is 35.5. The molecule has 3 heterocycles. The summed E-state index contributed by atoms with van der Waals surface area (Å²) in [5.41, 5.74) is 3.72. The molecule has 12 heteroatoms. The van der Waals surface area contributed by atoms with Gasteiger partial charge < -0.3 is 29.5 Å². The molecule has 9 nitrogen and oxygen atoms in total. The van der Waals surface area contributed by atoms with Crippen molar-refractivity contribution < 1.29 is 14.2 Å². The zero-order valence-corrected chi connectivity index (χ0v) is 35.5. The number of likely N-dealkylation sites (N-methyl/N-ethyl adjacent to an activating group) is 1. The monoisotopic (exact) mass is 807 g/mol. The Morgan fingerprint density at radius 1 is 1.00 bits per heavy atom. The van der Waals surface area contributed by atoms with Gasteiger partial charge in [0.25, 0.3) is 0 Å². The minimum absolute atomic E-state index is 0.0231. The molecule has 0 saturated carbocycles. The maximum absolute atomic E-state index is 16.0. The number of hydrogen-bond acceptors (Lipinski definition) is 8. The zero-order chi connectivity index (χ0) is 40.0. The van der Waals surface area contributed by atoms with Gasteiger partial charge in [-0.05, 0) is 127 Å².